The molecule has 0 fully saturated rings. The Morgan fingerprint density at radius 2 is 1.78 bits per heavy atom. The number of rotatable bonds is 7. The zero-order valence-electron chi connectivity index (χ0n) is 16.1. The highest BCUT2D eigenvalue weighted by molar-refractivity contribution is 9.10. The number of hydrogen-bond donors (Lipinski definition) is 1. The molecule has 0 saturated heterocycles. The van der Waals surface area contributed by atoms with Crippen LogP contribution < -0.4 is 10.1 Å². The summed E-state index contributed by atoms with van der Waals surface area (Å²) in [6.07, 6.45) is 0.207. The summed E-state index contributed by atoms with van der Waals surface area (Å²) in [7, 11) is 1.62. The van der Waals surface area contributed by atoms with Crippen LogP contribution in [0.1, 0.15) is 23.1 Å². The Kier molecular flexibility index (Phi) is 7.42. The zero-order valence-corrected chi connectivity index (χ0v) is 17.7. The fourth-order valence-electron chi connectivity index (χ4n) is 2.86. The Hall–Kier alpha value is -2.34. The normalized spacial score (nSPS) is 10.4. The minimum Gasteiger partial charge on any atom is -0.493 e. The maximum atomic E-state index is 12.3. The molecule has 1 N–H and O–H groups in total. The van der Waals surface area contributed by atoms with Gasteiger partial charge >= 0.3 is 0 Å². The second kappa shape index (κ2) is 9.55. The largest absolute Gasteiger partial charge is 0.493 e. The number of amides is 2. The van der Waals surface area contributed by atoms with E-state index in [0.717, 1.165) is 26.9 Å². The van der Waals surface area contributed by atoms with E-state index in [1.807, 2.05) is 57.2 Å². The molecule has 5 nitrogen and oxygen atoms in total. The Labute approximate surface area is 168 Å². The van der Waals surface area contributed by atoms with Gasteiger partial charge in [0.15, 0.2) is 0 Å². The lowest BCUT2D eigenvalue weighted by Gasteiger charge is -2.18. The summed E-state index contributed by atoms with van der Waals surface area (Å²) in [5.41, 5.74) is 3.99. The van der Waals surface area contributed by atoms with E-state index in [-0.39, 0.29) is 31.4 Å². The van der Waals surface area contributed by atoms with Crippen LogP contribution in [-0.4, -0.2) is 36.9 Å². The van der Waals surface area contributed by atoms with Gasteiger partial charge in [-0.25, -0.2) is 0 Å². The lowest BCUT2D eigenvalue weighted by molar-refractivity contribution is -0.133. The minimum absolute atomic E-state index is 0.00246. The summed E-state index contributed by atoms with van der Waals surface area (Å²) in [4.78, 5) is 25.9. The van der Waals surface area contributed by atoms with Gasteiger partial charge in [-0.1, -0.05) is 39.7 Å². The molecule has 0 aliphatic carbocycles. The first kappa shape index (κ1) is 21.0. The van der Waals surface area contributed by atoms with Crippen LogP contribution in [0.15, 0.2) is 40.9 Å². The Morgan fingerprint density at radius 3 is 2.41 bits per heavy atom. The van der Waals surface area contributed by atoms with Crippen LogP contribution >= 0.6 is 15.9 Å². The summed E-state index contributed by atoms with van der Waals surface area (Å²) < 4.78 is 6.49. The van der Waals surface area contributed by atoms with Gasteiger partial charge in [-0.3, -0.25) is 9.59 Å². The number of nitrogens with one attached hydrogen (secondary N) is 1. The third-order valence-corrected chi connectivity index (χ3v) is 4.62. The summed E-state index contributed by atoms with van der Waals surface area (Å²) in [5, 5.41) is 2.91. The van der Waals surface area contributed by atoms with Crippen LogP contribution in [0.5, 0.6) is 5.75 Å². The number of carbonyl (C=O) groups excluding carboxylic acids is 2. The van der Waals surface area contributed by atoms with Gasteiger partial charge in [0.25, 0.3) is 0 Å². The van der Waals surface area contributed by atoms with Gasteiger partial charge in [0, 0.05) is 17.2 Å². The molecule has 0 atom stereocenters. The number of benzene rings is 2. The van der Waals surface area contributed by atoms with Gasteiger partial charge < -0.3 is 15.0 Å². The number of likely N-dealkylation sites (N-methyl/N-ethyl adjacent to an activating group) is 1. The van der Waals surface area contributed by atoms with Crippen LogP contribution in [0.25, 0.3) is 0 Å². The molecule has 2 amide bonds. The van der Waals surface area contributed by atoms with Crippen molar-refractivity contribution in [3.8, 4) is 5.75 Å². The topological polar surface area (TPSA) is 58.6 Å². The highest BCUT2D eigenvalue weighted by Crippen LogP contribution is 2.22. The molecule has 0 aliphatic heterocycles. The Balaban J connectivity index is 1.82. The fraction of sp³-hybridized carbons (Fsp3) is 0.333. The van der Waals surface area contributed by atoms with Crippen molar-refractivity contribution in [2.45, 2.75) is 27.2 Å². The molecule has 0 aliphatic rings. The van der Waals surface area contributed by atoms with Crippen LogP contribution in [0.2, 0.25) is 0 Å². The molecule has 0 aromatic heterocycles. The summed E-state index contributed by atoms with van der Waals surface area (Å²) in [6, 6.07) is 11.5. The molecular formula is C21H25BrN2O3. The lowest BCUT2D eigenvalue weighted by atomic mass is 10.1. The zero-order chi connectivity index (χ0) is 20.0. The minimum atomic E-state index is -0.214. The number of aryl methyl sites for hydroxylation is 3. The van der Waals surface area contributed by atoms with Crippen molar-refractivity contribution in [3.63, 3.8) is 0 Å². The third kappa shape index (κ3) is 6.40. The highest BCUT2D eigenvalue weighted by Gasteiger charge is 2.15. The molecule has 0 unspecified atom stereocenters. The van der Waals surface area contributed by atoms with Gasteiger partial charge in [0.2, 0.25) is 11.8 Å². The van der Waals surface area contributed by atoms with Gasteiger partial charge in [0.1, 0.15) is 5.75 Å². The van der Waals surface area contributed by atoms with Gasteiger partial charge in [-0.15, -0.1) is 0 Å². The molecule has 0 radical (unpaired) electrons. The molecule has 2 rings (SSSR count). The third-order valence-electron chi connectivity index (χ3n) is 4.13. The van der Waals surface area contributed by atoms with E-state index in [0.29, 0.717) is 5.75 Å². The second-order valence-corrected chi connectivity index (χ2v) is 7.54. The molecule has 0 heterocycles. The predicted octanol–water partition coefficient (Wildman–Crippen LogP) is 4.24. The SMILES string of the molecule is Cc1cc(C)c(NC(=O)CN(C)C(=O)CCOc2cccc(Br)c2)c(C)c1. The summed E-state index contributed by atoms with van der Waals surface area (Å²) in [5.74, 6) is 0.342. The Morgan fingerprint density at radius 1 is 1.11 bits per heavy atom. The van der Waals surface area contributed by atoms with Crippen molar-refractivity contribution < 1.29 is 14.3 Å². The maximum absolute atomic E-state index is 12.3. The van der Waals surface area contributed by atoms with E-state index < -0.39 is 0 Å². The van der Waals surface area contributed by atoms with E-state index in [4.69, 9.17) is 4.74 Å². The summed E-state index contributed by atoms with van der Waals surface area (Å²) >= 11 is 3.37. The van der Waals surface area contributed by atoms with Gasteiger partial charge in [-0.05, 0) is 50.1 Å². The first-order chi connectivity index (χ1) is 12.8. The fourth-order valence-corrected chi connectivity index (χ4v) is 3.24. The van der Waals surface area contributed by atoms with Crippen molar-refractivity contribution in [2.24, 2.45) is 0 Å². The van der Waals surface area contributed by atoms with Crippen LogP contribution in [0.4, 0.5) is 5.69 Å². The molecule has 144 valence electrons. The van der Waals surface area contributed by atoms with Crippen molar-refractivity contribution in [1.29, 1.82) is 0 Å². The second-order valence-electron chi connectivity index (χ2n) is 6.63. The maximum Gasteiger partial charge on any atom is 0.243 e. The van der Waals surface area contributed by atoms with E-state index in [2.05, 4.69) is 21.2 Å². The summed E-state index contributed by atoms with van der Waals surface area (Å²) in [6.45, 7) is 6.21. The van der Waals surface area contributed by atoms with E-state index in [1.165, 1.54) is 4.90 Å². The van der Waals surface area contributed by atoms with Gasteiger partial charge in [0.05, 0.1) is 19.6 Å². The number of carbonyl (C=O) groups is 2. The van der Waals surface area contributed by atoms with Crippen molar-refractivity contribution >= 4 is 33.4 Å². The first-order valence-corrected chi connectivity index (χ1v) is 9.55. The smallest absolute Gasteiger partial charge is 0.243 e. The van der Waals surface area contributed by atoms with E-state index in [9.17, 15) is 9.59 Å². The van der Waals surface area contributed by atoms with Gasteiger partial charge in [-0.2, -0.15) is 0 Å². The van der Waals surface area contributed by atoms with Crippen LogP contribution in [-0.2, 0) is 9.59 Å². The number of ether oxygens (including phenoxy) is 1. The first-order valence-electron chi connectivity index (χ1n) is 8.76. The molecule has 2 aromatic carbocycles. The molecule has 27 heavy (non-hydrogen) atoms. The van der Waals surface area contributed by atoms with Crippen molar-refractivity contribution in [1.82, 2.24) is 4.90 Å². The molecule has 0 bridgehead atoms. The molecular weight excluding hydrogens is 408 g/mol. The van der Waals surface area contributed by atoms with Crippen LogP contribution in [0.3, 0.4) is 0 Å². The Bertz CT molecular complexity index is 813. The monoisotopic (exact) mass is 432 g/mol. The molecule has 6 heteroatoms. The van der Waals surface area contributed by atoms with Crippen LogP contribution in [0, 0.1) is 20.8 Å². The standard InChI is InChI=1S/C21H25BrN2O3/c1-14-10-15(2)21(16(3)11-14)23-19(25)13-24(4)20(26)8-9-27-18-7-5-6-17(22)12-18/h5-7,10-12H,8-9,13H2,1-4H3,(H,23,25). The average Bonchev–Trinajstić information content (AvgIpc) is 2.58. The number of anilines is 1. The number of halogens is 1. The quantitative estimate of drug-likeness (QED) is 0.711. The van der Waals surface area contributed by atoms with E-state index >= 15 is 0 Å². The number of nitrogens with zero attached hydrogens (tertiary/aromatic N) is 1. The van der Waals surface area contributed by atoms with Crippen molar-refractivity contribution in [2.75, 3.05) is 25.5 Å². The van der Waals surface area contributed by atoms with E-state index in [1.54, 1.807) is 7.05 Å². The lowest BCUT2D eigenvalue weighted by Crippen LogP contribution is -2.35. The molecule has 0 spiro atoms. The average molecular weight is 433 g/mol. The molecule has 0 saturated carbocycles. The van der Waals surface area contributed by atoms with Crippen molar-refractivity contribution in [3.05, 3.63) is 57.6 Å². The predicted molar refractivity (Wildman–Crippen MR) is 111 cm³/mol. The molecule has 2 aromatic rings. The highest BCUT2D eigenvalue weighted by atomic mass is 79.9. The number of hydrogen-bond acceptors (Lipinski definition) is 3.